The van der Waals surface area contributed by atoms with Crippen LogP contribution in [-0.2, 0) is 19.2 Å². The smallest absolute Gasteiger partial charge is 0.234 e. The normalized spacial score (nSPS) is 37.7. The van der Waals surface area contributed by atoms with Crippen molar-refractivity contribution in [2.24, 2.45) is 23.7 Å². The molecular weight excluding hydrogens is 248 g/mol. The van der Waals surface area contributed by atoms with E-state index in [4.69, 9.17) is 0 Å². The highest BCUT2D eigenvalue weighted by Gasteiger charge is 2.73. The van der Waals surface area contributed by atoms with Crippen LogP contribution < -0.4 is 0 Å². The van der Waals surface area contributed by atoms with Crippen molar-refractivity contribution < 1.29 is 19.2 Å². The summed E-state index contributed by atoms with van der Waals surface area (Å²) in [6.45, 7) is 5.33. The Morgan fingerprint density at radius 1 is 0.737 bits per heavy atom. The predicted octanol–water partition coefficient (Wildman–Crippen LogP) is -0.369. The third-order valence-electron chi connectivity index (χ3n) is 4.46. The Kier molecular flexibility index (Phi) is 2.10. The number of rotatable bonds is 0. The highest BCUT2D eigenvalue weighted by atomic mass is 16.2. The van der Waals surface area contributed by atoms with Gasteiger partial charge in [-0.15, -0.1) is 0 Å². The van der Waals surface area contributed by atoms with E-state index in [-0.39, 0.29) is 23.6 Å². The number of fused-ring (bicyclic) bond motifs is 4. The van der Waals surface area contributed by atoms with E-state index in [9.17, 15) is 19.2 Å². The quantitative estimate of drug-likeness (QED) is 0.559. The SMILES string of the molecule is CN1C(=O)C2C(C1=O)C1C(=O)N(C(C)(C)C)C(=O)C21. The molecule has 0 spiro atoms. The molecule has 4 amide bonds. The van der Waals surface area contributed by atoms with Gasteiger partial charge in [-0.25, -0.2) is 0 Å². The molecule has 19 heavy (non-hydrogen) atoms. The monoisotopic (exact) mass is 264 g/mol. The molecule has 2 heterocycles. The first-order valence-corrected chi connectivity index (χ1v) is 6.37. The second kappa shape index (κ2) is 3.23. The first-order chi connectivity index (χ1) is 8.68. The van der Waals surface area contributed by atoms with E-state index in [1.54, 1.807) is 20.8 Å². The zero-order valence-electron chi connectivity index (χ0n) is 11.3. The van der Waals surface area contributed by atoms with E-state index in [1.165, 1.54) is 11.9 Å². The molecule has 0 aromatic heterocycles. The second-order valence-corrected chi connectivity index (χ2v) is 6.52. The molecule has 1 saturated carbocycles. The Morgan fingerprint density at radius 2 is 1.05 bits per heavy atom. The lowest BCUT2D eigenvalue weighted by atomic mass is 9.59. The fourth-order valence-electron chi connectivity index (χ4n) is 3.60. The van der Waals surface area contributed by atoms with Gasteiger partial charge in [-0.2, -0.15) is 0 Å². The van der Waals surface area contributed by atoms with Crippen molar-refractivity contribution in [1.29, 1.82) is 0 Å². The van der Waals surface area contributed by atoms with Crippen LogP contribution >= 0.6 is 0 Å². The second-order valence-electron chi connectivity index (χ2n) is 6.52. The third kappa shape index (κ3) is 1.21. The Morgan fingerprint density at radius 3 is 1.37 bits per heavy atom. The highest BCUT2D eigenvalue weighted by Crippen LogP contribution is 2.57. The lowest BCUT2D eigenvalue weighted by Gasteiger charge is -2.36. The van der Waals surface area contributed by atoms with E-state index < -0.39 is 29.2 Å². The maximum Gasteiger partial charge on any atom is 0.234 e. The molecule has 3 rings (SSSR count). The maximum atomic E-state index is 12.3. The van der Waals surface area contributed by atoms with Crippen LogP contribution in [0, 0.1) is 23.7 Å². The van der Waals surface area contributed by atoms with Gasteiger partial charge in [-0.05, 0) is 20.8 Å². The molecule has 2 saturated heterocycles. The number of imide groups is 2. The highest BCUT2D eigenvalue weighted by molar-refractivity contribution is 6.17. The van der Waals surface area contributed by atoms with Gasteiger partial charge in [-0.3, -0.25) is 29.0 Å². The van der Waals surface area contributed by atoms with Crippen LogP contribution in [0.25, 0.3) is 0 Å². The fraction of sp³-hybridized carbons (Fsp3) is 0.692. The van der Waals surface area contributed by atoms with Gasteiger partial charge in [0.15, 0.2) is 0 Å². The first kappa shape index (κ1) is 12.3. The summed E-state index contributed by atoms with van der Waals surface area (Å²) in [6, 6.07) is 0. The van der Waals surface area contributed by atoms with Crippen molar-refractivity contribution in [1.82, 2.24) is 9.80 Å². The van der Waals surface area contributed by atoms with E-state index in [0.29, 0.717) is 0 Å². The van der Waals surface area contributed by atoms with Crippen molar-refractivity contribution >= 4 is 23.6 Å². The van der Waals surface area contributed by atoms with Gasteiger partial charge >= 0.3 is 0 Å². The van der Waals surface area contributed by atoms with Gasteiger partial charge in [0.25, 0.3) is 0 Å². The zero-order chi connectivity index (χ0) is 14.3. The molecule has 4 atom stereocenters. The van der Waals surface area contributed by atoms with Crippen LogP contribution in [0.4, 0.5) is 0 Å². The number of likely N-dealkylation sites (tertiary alicyclic amines) is 2. The Bertz CT molecular complexity index is 493. The molecule has 6 heteroatoms. The lowest BCUT2D eigenvalue weighted by Crippen LogP contribution is -2.50. The Balaban J connectivity index is 2.01. The number of nitrogens with zero attached hydrogens (tertiary/aromatic N) is 2. The summed E-state index contributed by atoms with van der Waals surface area (Å²) in [5.41, 5.74) is -0.613. The lowest BCUT2D eigenvalue weighted by molar-refractivity contribution is -0.147. The molecule has 3 fully saturated rings. The molecule has 2 aliphatic heterocycles. The Labute approximate surface area is 110 Å². The summed E-state index contributed by atoms with van der Waals surface area (Å²) in [5.74, 6) is -3.75. The Hall–Kier alpha value is -1.72. The number of carbonyl (C=O) groups excluding carboxylic acids is 4. The van der Waals surface area contributed by atoms with E-state index in [2.05, 4.69) is 0 Å². The molecule has 3 aliphatic rings. The summed E-state index contributed by atoms with van der Waals surface area (Å²) >= 11 is 0. The number of carbonyl (C=O) groups is 4. The molecular formula is C13H16N2O4. The van der Waals surface area contributed by atoms with Gasteiger partial charge in [0.2, 0.25) is 23.6 Å². The minimum atomic E-state index is -0.627. The molecule has 102 valence electrons. The van der Waals surface area contributed by atoms with Crippen LogP contribution in [0.3, 0.4) is 0 Å². The third-order valence-corrected chi connectivity index (χ3v) is 4.46. The van der Waals surface area contributed by atoms with Crippen LogP contribution in [-0.4, -0.2) is 46.0 Å². The van der Waals surface area contributed by atoms with Crippen molar-refractivity contribution in [3.63, 3.8) is 0 Å². The first-order valence-electron chi connectivity index (χ1n) is 6.37. The minimum Gasteiger partial charge on any atom is -0.285 e. The summed E-state index contributed by atoms with van der Waals surface area (Å²) in [5, 5.41) is 0. The van der Waals surface area contributed by atoms with Gasteiger partial charge in [-0.1, -0.05) is 0 Å². The predicted molar refractivity (Wildman–Crippen MR) is 63.3 cm³/mol. The van der Waals surface area contributed by atoms with Gasteiger partial charge in [0.05, 0.1) is 23.7 Å². The van der Waals surface area contributed by atoms with E-state index in [0.717, 1.165) is 4.90 Å². The summed E-state index contributed by atoms with van der Waals surface area (Å²) in [7, 11) is 1.41. The van der Waals surface area contributed by atoms with E-state index in [1.807, 2.05) is 0 Å². The molecule has 0 aromatic carbocycles. The summed E-state index contributed by atoms with van der Waals surface area (Å²) < 4.78 is 0. The van der Waals surface area contributed by atoms with Crippen molar-refractivity contribution in [3.8, 4) is 0 Å². The molecule has 0 aromatic rings. The largest absolute Gasteiger partial charge is 0.285 e. The number of hydrogen-bond donors (Lipinski definition) is 0. The fourth-order valence-corrected chi connectivity index (χ4v) is 3.60. The van der Waals surface area contributed by atoms with Gasteiger partial charge in [0.1, 0.15) is 0 Å². The molecule has 1 aliphatic carbocycles. The van der Waals surface area contributed by atoms with Crippen molar-refractivity contribution in [3.05, 3.63) is 0 Å². The van der Waals surface area contributed by atoms with Crippen LogP contribution in [0.1, 0.15) is 20.8 Å². The molecule has 0 radical (unpaired) electrons. The van der Waals surface area contributed by atoms with E-state index >= 15 is 0 Å². The van der Waals surface area contributed by atoms with Crippen LogP contribution in [0.2, 0.25) is 0 Å². The van der Waals surface area contributed by atoms with Crippen LogP contribution in [0.15, 0.2) is 0 Å². The average molecular weight is 264 g/mol. The van der Waals surface area contributed by atoms with Gasteiger partial charge < -0.3 is 0 Å². The van der Waals surface area contributed by atoms with Crippen molar-refractivity contribution in [2.45, 2.75) is 26.3 Å². The molecule has 0 N–H and O–H groups in total. The van der Waals surface area contributed by atoms with Crippen molar-refractivity contribution in [2.75, 3.05) is 7.05 Å². The number of hydrogen-bond acceptors (Lipinski definition) is 4. The van der Waals surface area contributed by atoms with Crippen LogP contribution in [0.5, 0.6) is 0 Å². The van der Waals surface area contributed by atoms with Gasteiger partial charge in [0, 0.05) is 12.6 Å². The molecule has 0 bridgehead atoms. The number of amides is 4. The maximum absolute atomic E-state index is 12.3. The summed E-state index contributed by atoms with van der Waals surface area (Å²) in [6.07, 6.45) is 0. The standard InChI is InChI=1S/C13H16N2O4/c1-13(2,3)15-11(18)7-5-6(8(7)12(15)19)10(17)14(4)9(5)16/h5-8H,1-4H3. The topological polar surface area (TPSA) is 74.8 Å². The summed E-state index contributed by atoms with van der Waals surface area (Å²) in [4.78, 5) is 50.9. The zero-order valence-corrected chi connectivity index (χ0v) is 11.3. The minimum absolute atomic E-state index is 0.305. The molecule has 6 nitrogen and oxygen atoms in total. The average Bonchev–Trinajstić information content (AvgIpc) is 2.52. The molecule has 4 unspecified atom stereocenters.